The van der Waals surface area contributed by atoms with Crippen LogP contribution in [0.5, 0.6) is 0 Å². The highest BCUT2D eigenvalue weighted by Crippen LogP contribution is 2.32. The van der Waals surface area contributed by atoms with Crippen molar-refractivity contribution in [2.75, 3.05) is 30.8 Å². The van der Waals surface area contributed by atoms with Crippen LogP contribution in [-0.4, -0.2) is 32.0 Å². The molecule has 0 spiro atoms. The molecule has 2 aromatic rings. The zero-order valence-electron chi connectivity index (χ0n) is 14.9. The summed E-state index contributed by atoms with van der Waals surface area (Å²) in [7, 11) is 1.56. The average Bonchev–Trinajstić information content (AvgIpc) is 2.62. The molecule has 28 heavy (non-hydrogen) atoms. The van der Waals surface area contributed by atoms with Gasteiger partial charge in [-0.1, -0.05) is 29.3 Å². The number of halogens is 5. The van der Waals surface area contributed by atoms with Gasteiger partial charge in [-0.2, -0.15) is 0 Å². The third-order valence-corrected chi connectivity index (χ3v) is 4.58. The van der Waals surface area contributed by atoms with Crippen LogP contribution >= 0.6 is 23.2 Å². The van der Waals surface area contributed by atoms with Crippen LogP contribution in [0.1, 0.15) is 5.56 Å². The maximum absolute atomic E-state index is 13.6. The number of benzene rings is 2. The monoisotopic (exact) mass is 434 g/mol. The quantitative estimate of drug-likeness (QED) is 0.612. The molecule has 0 fully saturated rings. The molecule has 0 saturated carbocycles. The van der Waals surface area contributed by atoms with E-state index in [0.717, 1.165) is 11.6 Å². The number of hydrogen-bond acceptors (Lipinski definition) is 2. The van der Waals surface area contributed by atoms with Crippen molar-refractivity contribution in [2.45, 2.75) is 6.92 Å². The summed E-state index contributed by atoms with van der Waals surface area (Å²) in [6.45, 7) is 1.42. The summed E-state index contributed by atoms with van der Waals surface area (Å²) < 4.78 is 39.7. The summed E-state index contributed by atoms with van der Waals surface area (Å²) in [4.78, 5) is 24.6. The summed E-state index contributed by atoms with van der Waals surface area (Å²) in [5, 5.41) is 5.31. The second kappa shape index (κ2) is 9.27. The van der Waals surface area contributed by atoms with Gasteiger partial charge < -0.3 is 15.5 Å². The van der Waals surface area contributed by atoms with E-state index in [1.807, 2.05) is 0 Å². The van der Waals surface area contributed by atoms with E-state index in [0.29, 0.717) is 16.0 Å². The lowest BCUT2D eigenvalue weighted by Crippen LogP contribution is -3.11. The molecule has 2 aromatic carbocycles. The van der Waals surface area contributed by atoms with Gasteiger partial charge in [0.1, 0.15) is 0 Å². The highest BCUT2D eigenvalue weighted by atomic mass is 35.5. The SMILES string of the molecule is Cc1ccc(Cl)c(NC(=O)C[NH+](C)CC(=O)Nc2ccc(F)c(F)c2F)c1Cl. The fraction of sp³-hybridized carbons (Fsp3) is 0.222. The number of rotatable bonds is 6. The maximum atomic E-state index is 13.6. The third kappa shape index (κ3) is 5.37. The minimum Gasteiger partial charge on any atom is -0.322 e. The summed E-state index contributed by atoms with van der Waals surface area (Å²) in [6, 6.07) is 4.92. The molecule has 2 amide bonds. The first kappa shape index (κ1) is 22.0. The van der Waals surface area contributed by atoms with E-state index in [4.69, 9.17) is 23.2 Å². The van der Waals surface area contributed by atoms with Gasteiger partial charge in [0.2, 0.25) is 0 Å². The molecular weight excluding hydrogens is 418 g/mol. The molecule has 0 radical (unpaired) electrons. The number of anilines is 2. The van der Waals surface area contributed by atoms with Gasteiger partial charge in [-0.05, 0) is 30.7 Å². The molecule has 0 aromatic heterocycles. The molecule has 0 bridgehead atoms. The lowest BCUT2D eigenvalue weighted by Gasteiger charge is -2.15. The summed E-state index contributed by atoms with van der Waals surface area (Å²) in [6.07, 6.45) is 0. The van der Waals surface area contributed by atoms with Gasteiger partial charge in [-0.25, -0.2) is 13.2 Å². The van der Waals surface area contributed by atoms with E-state index in [-0.39, 0.29) is 23.8 Å². The predicted molar refractivity (Wildman–Crippen MR) is 101 cm³/mol. The van der Waals surface area contributed by atoms with Crippen molar-refractivity contribution in [3.63, 3.8) is 0 Å². The minimum absolute atomic E-state index is 0.117. The third-order valence-electron chi connectivity index (χ3n) is 3.78. The number of hydrogen-bond donors (Lipinski definition) is 3. The van der Waals surface area contributed by atoms with Gasteiger partial charge in [-0.15, -0.1) is 0 Å². The second-order valence-electron chi connectivity index (χ2n) is 6.18. The molecule has 1 atom stereocenters. The van der Waals surface area contributed by atoms with Gasteiger partial charge in [-0.3, -0.25) is 9.59 Å². The van der Waals surface area contributed by atoms with E-state index in [9.17, 15) is 22.8 Å². The predicted octanol–water partition coefficient (Wildman–Crippen LogP) is 2.81. The molecule has 5 nitrogen and oxygen atoms in total. The summed E-state index contributed by atoms with van der Waals surface area (Å²) >= 11 is 12.2. The number of carbonyl (C=O) groups excluding carboxylic acids is 2. The van der Waals surface area contributed by atoms with Gasteiger partial charge in [0.05, 0.1) is 28.5 Å². The first-order valence-electron chi connectivity index (χ1n) is 8.09. The highest BCUT2D eigenvalue weighted by molar-refractivity contribution is 6.40. The zero-order chi connectivity index (χ0) is 21.0. The molecular formula is C18H17Cl2F3N3O2+. The first-order valence-corrected chi connectivity index (χ1v) is 8.84. The van der Waals surface area contributed by atoms with Crippen LogP contribution in [0.25, 0.3) is 0 Å². The number of aryl methyl sites for hydroxylation is 1. The number of quaternary nitrogens is 1. The van der Waals surface area contributed by atoms with Crippen molar-refractivity contribution in [3.05, 3.63) is 57.3 Å². The van der Waals surface area contributed by atoms with Crippen LogP contribution in [0.3, 0.4) is 0 Å². The van der Waals surface area contributed by atoms with Crippen molar-refractivity contribution >= 4 is 46.4 Å². The van der Waals surface area contributed by atoms with Gasteiger partial charge in [0.15, 0.2) is 30.5 Å². The molecule has 2 rings (SSSR count). The molecule has 150 valence electrons. The van der Waals surface area contributed by atoms with E-state index in [1.165, 1.54) is 0 Å². The van der Waals surface area contributed by atoms with Crippen LogP contribution in [0.4, 0.5) is 24.5 Å². The fourth-order valence-corrected chi connectivity index (χ4v) is 2.85. The Morgan fingerprint density at radius 2 is 1.57 bits per heavy atom. The second-order valence-corrected chi connectivity index (χ2v) is 6.97. The van der Waals surface area contributed by atoms with Crippen LogP contribution in [0.15, 0.2) is 24.3 Å². The lowest BCUT2D eigenvalue weighted by molar-refractivity contribution is -0.862. The Morgan fingerprint density at radius 1 is 0.964 bits per heavy atom. The molecule has 0 aliphatic heterocycles. The number of amides is 2. The van der Waals surface area contributed by atoms with Crippen molar-refractivity contribution in [2.24, 2.45) is 0 Å². The van der Waals surface area contributed by atoms with Crippen molar-refractivity contribution in [3.8, 4) is 0 Å². The molecule has 3 N–H and O–H groups in total. The van der Waals surface area contributed by atoms with Crippen molar-refractivity contribution in [1.82, 2.24) is 0 Å². The maximum Gasteiger partial charge on any atom is 0.279 e. The molecule has 0 aliphatic carbocycles. The largest absolute Gasteiger partial charge is 0.322 e. The Kier molecular flexibility index (Phi) is 7.29. The molecule has 0 aliphatic rings. The Bertz CT molecular complexity index is 925. The Morgan fingerprint density at radius 3 is 2.21 bits per heavy atom. The molecule has 10 heteroatoms. The van der Waals surface area contributed by atoms with Gasteiger partial charge in [0.25, 0.3) is 11.8 Å². The normalized spacial score (nSPS) is 11.8. The standard InChI is InChI=1S/C18H16Cl2F3N3O2/c1-9-3-4-10(19)18(15(9)20)25-14(28)8-26(2)7-13(27)24-12-6-5-11(21)16(22)17(12)23/h3-6H,7-8H2,1-2H3,(H,24,27)(H,25,28)/p+1. The van der Waals surface area contributed by atoms with E-state index in [1.54, 1.807) is 26.1 Å². The molecule has 0 heterocycles. The average molecular weight is 435 g/mol. The van der Waals surface area contributed by atoms with Crippen LogP contribution in [0.2, 0.25) is 10.0 Å². The molecule has 1 unspecified atom stereocenters. The van der Waals surface area contributed by atoms with Crippen LogP contribution in [-0.2, 0) is 9.59 Å². The smallest absolute Gasteiger partial charge is 0.279 e. The lowest BCUT2D eigenvalue weighted by atomic mass is 10.2. The number of nitrogens with one attached hydrogen (secondary N) is 3. The Hall–Kier alpha value is -2.29. The number of likely N-dealkylation sites (N-methyl/N-ethyl adjacent to an activating group) is 1. The summed E-state index contributed by atoms with van der Waals surface area (Å²) in [5.41, 5.74) is 0.518. The van der Waals surface area contributed by atoms with Crippen molar-refractivity contribution in [1.29, 1.82) is 0 Å². The molecule has 0 saturated heterocycles. The van der Waals surface area contributed by atoms with Crippen LogP contribution < -0.4 is 15.5 Å². The number of carbonyl (C=O) groups is 2. The minimum atomic E-state index is -1.68. The van der Waals surface area contributed by atoms with E-state index in [2.05, 4.69) is 10.6 Å². The Labute approximate surface area is 169 Å². The highest BCUT2D eigenvalue weighted by Gasteiger charge is 2.19. The van der Waals surface area contributed by atoms with Crippen LogP contribution in [0, 0.1) is 24.4 Å². The Balaban J connectivity index is 1.94. The fourth-order valence-electron chi connectivity index (χ4n) is 2.38. The van der Waals surface area contributed by atoms with Gasteiger partial charge in [0, 0.05) is 0 Å². The van der Waals surface area contributed by atoms with E-state index >= 15 is 0 Å². The van der Waals surface area contributed by atoms with Crippen molar-refractivity contribution < 1.29 is 27.7 Å². The van der Waals surface area contributed by atoms with Gasteiger partial charge >= 0.3 is 0 Å². The van der Waals surface area contributed by atoms with E-state index < -0.39 is 35.0 Å². The summed E-state index contributed by atoms with van der Waals surface area (Å²) in [5.74, 6) is -5.65. The zero-order valence-corrected chi connectivity index (χ0v) is 16.4. The topological polar surface area (TPSA) is 62.6 Å². The first-order chi connectivity index (χ1) is 13.1.